The van der Waals surface area contributed by atoms with E-state index < -0.39 is 0 Å². The molecule has 0 aliphatic carbocycles. The average molecular weight is 172 g/mol. The minimum atomic E-state index is 0.375. The summed E-state index contributed by atoms with van der Waals surface area (Å²) in [6, 6.07) is 0.375. The fourth-order valence-corrected chi connectivity index (χ4v) is 0.976. The zero-order valence-electron chi connectivity index (χ0n) is 6.88. The highest BCUT2D eigenvalue weighted by molar-refractivity contribution is 7.98. The molecule has 62 valence electrons. The molecule has 0 fully saturated rings. The number of aromatic amines is 1. The lowest BCUT2D eigenvalue weighted by molar-refractivity contribution is 0.876. The zero-order chi connectivity index (χ0) is 8.27. The average Bonchev–Trinajstić information content (AvgIpc) is 2.34. The fraction of sp³-hybridized carbons (Fsp3) is 0.667. The lowest BCUT2D eigenvalue weighted by atomic mass is 10.4. The summed E-state index contributed by atoms with van der Waals surface area (Å²) in [5, 5.41) is 10.7. The van der Waals surface area contributed by atoms with Gasteiger partial charge in [-0.3, -0.25) is 5.10 Å². The summed E-state index contributed by atoms with van der Waals surface area (Å²) in [4.78, 5) is 4.15. The SMILES string of the molecule is CSc1nc(NC(C)C)n[nH]1. The van der Waals surface area contributed by atoms with Crippen molar-refractivity contribution in [2.75, 3.05) is 11.6 Å². The maximum atomic E-state index is 4.15. The Morgan fingerprint density at radius 1 is 1.55 bits per heavy atom. The van der Waals surface area contributed by atoms with Crippen molar-refractivity contribution in [3.05, 3.63) is 0 Å². The third kappa shape index (κ3) is 2.42. The first kappa shape index (κ1) is 8.39. The third-order valence-corrected chi connectivity index (χ3v) is 1.65. The van der Waals surface area contributed by atoms with Crippen LogP contribution in [0, 0.1) is 0 Å². The van der Waals surface area contributed by atoms with Gasteiger partial charge in [-0.25, -0.2) is 0 Å². The van der Waals surface area contributed by atoms with Gasteiger partial charge in [0.1, 0.15) is 0 Å². The van der Waals surface area contributed by atoms with Crippen molar-refractivity contribution >= 4 is 17.7 Å². The van der Waals surface area contributed by atoms with Crippen LogP contribution in [0.25, 0.3) is 0 Å². The predicted molar refractivity (Wildman–Crippen MR) is 46.9 cm³/mol. The number of nitrogens with one attached hydrogen (secondary N) is 2. The first-order chi connectivity index (χ1) is 5.22. The number of hydrogen-bond acceptors (Lipinski definition) is 4. The Hall–Kier alpha value is -0.710. The quantitative estimate of drug-likeness (QED) is 0.676. The molecule has 0 spiro atoms. The van der Waals surface area contributed by atoms with Crippen LogP contribution >= 0.6 is 11.8 Å². The number of aromatic nitrogens is 3. The second kappa shape index (κ2) is 3.61. The fourth-order valence-electron chi connectivity index (χ4n) is 0.661. The molecule has 0 saturated carbocycles. The van der Waals surface area contributed by atoms with Crippen LogP contribution in [-0.4, -0.2) is 27.5 Å². The zero-order valence-corrected chi connectivity index (χ0v) is 7.70. The van der Waals surface area contributed by atoms with Crippen LogP contribution in [0.3, 0.4) is 0 Å². The van der Waals surface area contributed by atoms with Crippen molar-refractivity contribution in [3.8, 4) is 0 Å². The predicted octanol–water partition coefficient (Wildman–Crippen LogP) is 1.35. The smallest absolute Gasteiger partial charge is 0.243 e. The maximum absolute atomic E-state index is 4.15. The van der Waals surface area contributed by atoms with Gasteiger partial charge in [-0.15, -0.1) is 5.10 Å². The van der Waals surface area contributed by atoms with Gasteiger partial charge >= 0.3 is 0 Å². The summed E-state index contributed by atoms with van der Waals surface area (Å²) < 4.78 is 0. The first-order valence-electron chi connectivity index (χ1n) is 3.45. The molecular weight excluding hydrogens is 160 g/mol. The molecule has 1 rings (SSSR count). The van der Waals surface area contributed by atoms with Gasteiger partial charge in [0, 0.05) is 6.04 Å². The molecule has 0 aliphatic rings. The summed E-state index contributed by atoms with van der Waals surface area (Å²) in [5.74, 6) is 0.671. The third-order valence-electron chi connectivity index (χ3n) is 1.08. The van der Waals surface area contributed by atoms with Crippen molar-refractivity contribution in [2.24, 2.45) is 0 Å². The molecule has 1 aromatic heterocycles. The molecule has 0 aliphatic heterocycles. The van der Waals surface area contributed by atoms with Crippen LogP contribution in [0.1, 0.15) is 13.8 Å². The Morgan fingerprint density at radius 3 is 2.73 bits per heavy atom. The highest BCUT2D eigenvalue weighted by Crippen LogP contribution is 2.09. The summed E-state index contributed by atoms with van der Waals surface area (Å²) in [6.07, 6.45) is 1.96. The van der Waals surface area contributed by atoms with Gasteiger partial charge in [0.25, 0.3) is 0 Å². The second-order valence-electron chi connectivity index (χ2n) is 2.47. The molecule has 0 amide bonds. The lowest BCUT2D eigenvalue weighted by Gasteiger charge is -2.02. The van der Waals surface area contributed by atoms with Crippen molar-refractivity contribution in [2.45, 2.75) is 25.0 Å². The van der Waals surface area contributed by atoms with E-state index in [0.717, 1.165) is 5.16 Å². The lowest BCUT2D eigenvalue weighted by Crippen LogP contribution is -2.10. The van der Waals surface area contributed by atoms with Gasteiger partial charge < -0.3 is 5.32 Å². The summed E-state index contributed by atoms with van der Waals surface area (Å²) in [7, 11) is 0. The van der Waals surface area contributed by atoms with Crippen molar-refractivity contribution in [3.63, 3.8) is 0 Å². The van der Waals surface area contributed by atoms with E-state index in [1.54, 1.807) is 11.8 Å². The molecule has 1 aromatic rings. The molecule has 0 atom stereocenters. The van der Waals surface area contributed by atoms with Crippen LogP contribution < -0.4 is 5.32 Å². The van der Waals surface area contributed by atoms with Gasteiger partial charge in [-0.05, 0) is 20.1 Å². The summed E-state index contributed by atoms with van der Waals surface area (Å²) >= 11 is 1.55. The van der Waals surface area contributed by atoms with Crippen LogP contribution in [0.4, 0.5) is 5.95 Å². The Morgan fingerprint density at radius 2 is 2.27 bits per heavy atom. The normalized spacial score (nSPS) is 10.5. The molecule has 0 bridgehead atoms. The van der Waals surface area contributed by atoms with Crippen LogP contribution in [0.5, 0.6) is 0 Å². The van der Waals surface area contributed by atoms with Gasteiger partial charge in [0.2, 0.25) is 5.95 Å². The van der Waals surface area contributed by atoms with Gasteiger partial charge in [0.15, 0.2) is 5.16 Å². The monoisotopic (exact) mass is 172 g/mol. The Labute approximate surface area is 70.2 Å². The summed E-state index contributed by atoms with van der Waals surface area (Å²) in [6.45, 7) is 4.10. The molecule has 11 heavy (non-hydrogen) atoms. The van der Waals surface area contributed by atoms with E-state index in [2.05, 4.69) is 34.3 Å². The van der Waals surface area contributed by atoms with Gasteiger partial charge in [-0.1, -0.05) is 11.8 Å². The van der Waals surface area contributed by atoms with E-state index in [4.69, 9.17) is 0 Å². The van der Waals surface area contributed by atoms with Crippen molar-refractivity contribution in [1.29, 1.82) is 0 Å². The van der Waals surface area contributed by atoms with E-state index in [1.165, 1.54) is 0 Å². The maximum Gasteiger partial charge on any atom is 0.243 e. The summed E-state index contributed by atoms with van der Waals surface area (Å²) in [5.41, 5.74) is 0. The van der Waals surface area contributed by atoms with Crippen molar-refractivity contribution < 1.29 is 0 Å². The van der Waals surface area contributed by atoms with E-state index in [-0.39, 0.29) is 0 Å². The van der Waals surface area contributed by atoms with Gasteiger partial charge in [-0.2, -0.15) is 4.98 Å². The Bertz CT molecular complexity index is 220. The van der Waals surface area contributed by atoms with Gasteiger partial charge in [0.05, 0.1) is 0 Å². The number of rotatable bonds is 3. The minimum absolute atomic E-state index is 0.375. The van der Waals surface area contributed by atoms with E-state index in [0.29, 0.717) is 12.0 Å². The molecule has 0 aromatic carbocycles. The molecular formula is C6H12N4S. The Kier molecular flexibility index (Phi) is 2.76. The minimum Gasteiger partial charge on any atom is -0.351 e. The number of H-pyrrole nitrogens is 1. The highest BCUT2D eigenvalue weighted by atomic mass is 32.2. The Balaban J connectivity index is 2.58. The van der Waals surface area contributed by atoms with Crippen molar-refractivity contribution in [1.82, 2.24) is 15.2 Å². The number of thioether (sulfide) groups is 1. The molecule has 0 radical (unpaired) electrons. The largest absolute Gasteiger partial charge is 0.351 e. The van der Waals surface area contributed by atoms with Crippen LogP contribution in [0.2, 0.25) is 0 Å². The van der Waals surface area contributed by atoms with E-state index in [1.807, 2.05) is 6.26 Å². The second-order valence-corrected chi connectivity index (χ2v) is 3.26. The molecule has 1 heterocycles. The molecule has 0 unspecified atom stereocenters. The number of anilines is 1. The molecule has 2 N–H and O–H groups in total. The standard InChI is InChI=1S/C6H12N4S/c1-4(2)7-5-8-6(11-3)10-9-5/h4H,1-3H3,(H2,7,8,9,10). The van der Waals surface area contributed by atoms with E-state index in [9.17, 15) is 0 Å². The van der Waals surface area contributed by atoms with E-state index >= 15 is 0 Å². The number of nitrogens with zero attached hydrogens (tertiary/aromatic N) is 2. The molecule has 5 heteroatoms. The number of hydrogen-bond donors (Lipinski definition) is 2. The van der Waals surface area contributed by atoms with Crippen LogP contribution in [-0.2, 0) is 0 Å². The topological polar surface area (TPSA) is 53.6 Å². The van der Waals surface area contributed by atoms with Crippen LogP contribution in [0.15, 0.2) is 5.16 Å². The molecule has 4 nitrogen and oxygen atoms in total. The first-order valence-corrected chi connectivity index (χ1v) is 4.67. The molecule has 0 saturated heterocycles. The highest BCUT2D eigenvalue weighted by Gasteiger charge is 2.01.